The molecule has 0 saturated heterocycles. The first kappa shape index (κ1) is 12.5. The van der Waals surface area contributed by atoms with Gasteiger partial charge >= 0.3 is 0 Å². The van der Waals surface area contributed by atoms with Gasteiger partial charge < -0.3 is 0 Å². The first-order valence-electron chi connectivity index (χ1n) is 4.74. The molecule has 0 fully saturated rings. The summed E-state index contributed by atoms with van der Waals surface area (Å²) in [5.41, 5.74) is 2.62. The summed E-state index contributed by atoms with van der Waals surface area (Å²) in [4.78, 5) is 0. The van der Waals surface area contributed by atoms with E-state index in [4.69, 9.17) is 0 Å². The van der Waals surface area contributed by atoms with Crippen LogP contribution in [0.15, 0.2) is 12.7 Å². The van der Waals surface area contributed by atoms with Crippen LogP contribution >= 0.6 is 0 Å². The molecule has 1 aromatic rings. The molecule has 0 aliphatic heterocycles. The van der Waals surface area contributed by atoms with Gasteiger partial charge in [0.25, 0.3) is 0 Å². The zero-order chi connectivity index (χ0) is 11.0. The summed E-state index contributed by atoms with van der Waals surface area (Å²) < 4.78 is 0. The maximum atomic E-state index is 3.88. The quantitative estimate of drug-likeness (QED) is 0.721. The highest BCUT2D eigenvalue weighted by atomic mass is 15.3. The van der Waals surface area contributed by atoms with Gasteiger partial charge in [-0.3, -0.25) is 0 Å². The minimum atomic E-state index is 0.819. The Morgan fingerprint density at radius 3 is 2.36 bits per heavy atom. The van der Waals surface area contributed by atoms with Crippen LogP contribution in [0.4, 0.5) is 0 Å². The van der Waals surface area contributed by atoms with Crippen molar-refractivity contribution >= 4 is 12.2 Å². The average Bonchev–Trinajstić information content (AvgIpc) is 2.22. The van der Waals surface area contributed by atoms with Gasteiger partial charge in [0.15, 0.2) is 0 Å². The minimum Gasteiger partial charge on any atom is -0.135 e. The zero-order valence-corrected chi connectivity index (χ0v) is 9.28. The molecule has 0 amide bonds. The Morgan fingerprint density at radius 2 is 1.86 bits per heavy atom. The van der Waals surface area contributed by atoms with Crippen LogP contribution in [0.2, 0.25) is 0 Å². The molecule has 1 rings (SSSR count). The topological polar surface area (TPSA) is 38.7 Å². The first-order valence-corrected chi connectivity index (χ1v) is 4.74. The molecular weight excluding hydrogens is 174 g/mol. The molecule has 0 saturated carbocycles. The summed E-state index contributed by atoms with van der Waals surface area (Å²) in [5.74, 6) is 0. The number of allylic oxidation sites excluding steroid dienone is 1. The maximum Gasteiger partial charge on any atom is 0.0962 e. The molecule has 3 nitrogen and oxygen atoms in total. The van der Waals surface area contributed by atoms with Gasteiger partial charge in [-0.2, -0.15) is 0 Å². The van der Waals surface area contributed by atoms with Gasteiger partial charge in [-0.05, 0) is 25.1 Å². The standard InChI is InChI=1S/C9H11N3.C2H6/c1-4-6-9-8(5-2)7(3)10-12-11-9;1-2/h4-6H,2H2,1,3H3;1-2H3/b6-4-;. The van der Waals surface area contributed by atoms with E-state index in [1.807, 2.05) is 39.8 Å². The predicted molar refractivity (Wildman–Crippen MR) is 60.7 cm³/mol. The normalized spacial score (nSPS) is 9.43. The molecule has 76 valence electrons. The second kappa shape index (κ2) is 6.95. The molecule has 1 heterocycles. The van der Waals surface area contributed by atoms with E-state index in [9.17, 15) is 0 Å². The second-order valence-electron chi connectivity index (χ2n) is 2.38. The third kappa shape index (κ3) is 3.09. The third-order valence-electron chi connectivity index (χ3n) is 1.54. The highest BCUT2D eigenvalue weighted by molar-refractivity contribution is 5.61. The van der Waals surface area contributed by atoms with Gasteiger partial charge in [-0.25, -0.2) is 0 Å². The Labute approximate surface area is 85.6 Å². The van der Waals surface area contributed by atoms with Crippen molar-refractivity contribution in [3.63, 3.8) is 0 Å². The van der Waals surface area contributed by atoms with E-state index in [0.29, 0.717) is 0 Å². The van der Waals surface area contributed by atoms with Crippen molar-refractivity contribution in [2.75, 3.05) is 0 Å². The van der Waals surface area contributed by atoms with E-state index in [1.165, 1.54) is 0 Å². The maximum absolute atomic E-state index is 3.88. The average molecular weight is 191 g/mol. The number of aryl methyl sites for hydroxylation is 1. The molecule has 14 heavy (non-hydrogen) atoms. The summed E-state index contributed by atoms with van der Waals surface area (Å²) in [6.07, 6.45) is 5.54. The van der Waals surface area contributed by atoms with E-state index >= 15 is 0 Å². The lowest BCUT2D eigenvalue weighted by atomic mass is 10.1. The van der Waals surface area contributed by atoms with E-state index in [-0.39, 0.29) is 0 Å². The Bertz CT molecular complexity index is 316. The van der Waals surface area contributed by atoms with Crippen molar-refractivity contribution in [3.05, 3.63) is 29.6 Å². The van der Waals surface area contributed by atoms with Gasteiger partial charge in [-0.1, -0.05) is 32.6 Å². The Kier molecular flexibility index (Phi) is 6.20. The van der Waals surface area contributed by atoms with E-state index in [2.05, 4.69) is 22.0 Å². The largest absolute Gasteiger partial charge is 0.135 e. The fourth-order valence-corrected chi connectivity index (χ4v) is 0.964. The fraction of sp³-hybridized carbons (Fsp3) is 0.364. The van der Waals surface area contributed by atoms with E-state index in [1.54, 1.807) is 6.08 Å². The van der Waals surface area contributed by atoms with Crippen molar-refractivity contribution in [3.8, 4) is 0 Å². The molecular formula is C11H17N3. The SMILES string of the molecule is C=Cc1c(C)nnnc1/C=C\C.CC. The number of hydrogen-bond donors (Lipinski definition) is 0. The highest BCUT2D eigenvalue weighted by Crippen LogP contribution is 2.10. The van der Waals surface area contributed by atoms with Crippen LogP contribution in [0.5, 0.6) is 0 Å². The molecule has 0 spiro atoms. The van der Waals surface area contributed by atoms with Crippen LogP contribution in [0.1, 0.15) is 37.7 Å². The molecule has 0 aliphatic carbocycles. The van der Waals surface area contributed by atoms with Crippen molar-refractivity contribution < 1.29 is 0 Å². The monoisotopic (exact) mass is 191 g/mol. The lowest BCUT2D eigenvalue weighted by Crippen LogP contribution is -1.98. The number of nitrogens with zero attached hydrogens (tertiary/aromatic N) is 3. The van der Waals surface area contributed by atoms with Crippen molar-refractivity contribution in [1.29, 1.82) is 0 Å². The molecule has 0 aromatic carbocycles. The van der Waals surface area contributed by atoms with Crippen LogP contribution in [-0.2, 0) is 0 Å². The summed E-state index contributed by atoms with van der Waals surface area (Å²) in [6.45, 7) is 11.5. The first-order chi connectivity index (χ1) is 6.79. The van der Waals surface area contributed by atoms with Crippen molar-refractivity contribution in [1.82, 2.24) is 15.4 Å². The molecule has 3 heteroatoms. The Hall–Kier alpha value is -1.51. The molecule has 0 atom stereocenters. The number of hydrogen-bond acceptors (Lipinski definition) is 3. The van der Waals surface area contributed by atoms with Crippen LogP contribution in [0.25, 0.3) is 12.2 Å². The second-order valence-corrected chi connectivity index (χ2v) is 2.38. The van der Waals surface area contributed by atoms with E-state index in [0.717, 1.165) is 17.0 Å². The summed E-state index contributed by atoms with van der Waals surface area (Å²) in [7, 11) is 0. The van der Waals surface area contributed by atoms with Crippen molar-refractivity contribution in [2.24, 2.45) is 0 Å². The van der Waals surface area contributed by atoms with Crippen LogP contribution in [-0.4, -0.2) is 15.4 Å². The summed E-state index contributed by atoms with van der Waals surface area (Å²) in [5, 5.41) is 11.3. The number of rotatable bonds is 2. The lowest BCUT2D eigenvalue weighted by molar-refractivity contribution is 0.828. The molecule has 1 aromatic heterocycles. The van der Waals surface area contributed by atoms with Gasteiger partial charge in [0.2, 0.25) is 0 Å². The molecule has 0 aliphatic rings. The van der Waals surface area contributed by atoms with Gasteiger partial charge in [-0.15, -0.1) is 10.2 Å². The minimum absolute atomic E-state index is 0.819. The Balaban J connectivity index is 0.000000791. The smallest absolute Gasteiger partial charge is 0.0962 e. The van der Waals surface area contributed by atoms with Gasteiger partial charge in [0, 0.05) is 5.56 Å². The third-order valence-corrected chi connectivity index (χ3v) is 1.54. The highest BCUT2D eigenvalue weighted by Gasteiger charge is 2.01. The molecule has 0 bridgehead atoms. The fourth-order valence-electron chi connectivity index (χ4n) is 0.964. The Morgan fingerprint density at radius 1 is 1.21 bits per heavy atom. The number of aromatic nitrogens is 3. The predicted octanol–water partition coefficient (Wildman–Crippen LogP) is 2.88. The zero-order valence-electron chi connectivity index (χ0n) is 9.28. The molecule has 0 unspecified atom stereocenters. The molecule has 0 N–H and O–H groups in total. The lowest BCUT2D eigenvalue weighted by Gasteiger charge is -1.99. The van der Waals surface area contributed by atoms with E-state index < -0.39 is 0 Å². The van der Waals surface area contributed by atoms with Crippen LogP contribution < -0.4 is 0 Å². The summed E-state index contributed by atoms with van der Waals surface area (Å²) >= 11 is 0. The molecule has 0 radical (unpaired) electrons. The van der Waals surface area contributed by atoms with Crippen LogP contribution in [0.3, 0.4) is 0 Å². The van der Waals surface area contributed by atoms with Crippen molar-refractivity contribution in [2.45, 2.75) is 27.7 Å². The van der Waals surface area contributed by atoms with Gasteiger partial charge in [0.1, 0.15) is 0 Å². The van der Waals surface area contributed by atoms with Gasteiger partial charge in [0.05, 0.1) is 11.4 Å². The van der Waals surface area contributed by atoms with Crippen LogP contribution in [0, 0.1) is 6.92 Å². The summed E-state index contributed by atoms with van der Waals surface area (Å²) in [6, 6.07) is 0.